The molecule has 1 rings (SSSR count). The van der Waals surface area contributed by atoms with Crippen molar-refractivity contribution in [3.8, 4) is 0 Å². The maximum atomic E-state index is 5.16. The van der Waals surface area contributed by atoms with Gasteiger partial charge in [0.2, 0.25) is 0 Å². The Morgan fingerprint density at radius 3 is 2.71 bits per heavy atom. The summed E-state index contributed by atoms with van der Waals surface area (Å²) in [7, 11) is 0. The number of rotatable bonds is 0. The van der Waals surface area contributed by atoms with Crippen molar-refractivity contribution in [3.63, 3.8) is 0 Å². The van der Waals surface area contributed by atoms with Crippen LogP contribution < -0.4 is 11.1 Å². The summed E-state index contributed by atoms with van der Waals surface area (Å²) >= 11 is 0. The van der Waals surface area contributed by atoms with Crippen LogP contribution in [0.25, 0.3) is 0 Å². The first kappa shape index (κ1) is 6.43. The molecule has 0 aromatic heterocycles. The molecule has 0 spiro atoms. The van der Waals surface area contributed by atoms with Crippen molar-refractivity contribution in [2.24, 2.45) is 5.73 Å². The molecule has 4 heteroatoms. The summed E-state index contributed by atoms with van der Waals surface area (Å²) in [6, 6.07) is 0. The summed E-state index contributed by atoms with van der Waals surface area (Å²) in [6.45, 7) is 0.520. The third-order valence-electron chi connectivity index (χ3n) is 0.570. The van der Waals surface area contributed by atoms with Gasteiger partial charge in [-0.2, -0.15) is 0 Å². The molecule has 3 nitrogen and oxygen atoms in total. The minimum absolute atomic E-state index is 0. The molecule has 0 bridgehead atoms. The van der Waals surface area contributed by atoms with Crippen molar-refractivity contribution in [1.82, 2.24) is 5.32 Å². The molecule has 0 unspecified atom stereocenters. The topological polar surface area (TPSA) is 47.3 Å². The van der Waals surface area contributed by atoms with Gasteiger partial charge < -0.3 is 15.8 Å². The molecular weight excluding hydrogens is 115 g/mol. The molecular formula is C3H7ClN2O. The van der Waals surface area contributed by atoms with Crippen LogP contribution in [0.2, 0.25) is 0 Å². The van der Waals surface area contributed by atoms with Crippen LogP contribution in [-0.2, 0) is 4.74 Å². The zero-order valence-corrected chi connectivity index (χ0v) is 4.49. The predicted octanol–water partition coefficient (Wildman–Crippen LogP) is -0.257. The lowest BCUT2D eigenvalue weighted by atomic mass is 10.8. The van der Waals surface area contributed by atoms with Crippen LogP contribution in [-0.4, -0.2) is 6.73 Å². The zero-order chi connectivity index (χ0) is 4.41. The highest BCUT2D eigenvalue weighted by Crippen LogP contribution is 1.86. The van der Waals surface area contributed by atoms with E-state index in [1.165, 1.54) is 6.26 Å². The average Bonchev–Trinajstić information content (AvgIpc) is 1.86. The van der Waals surface area contributed by atoms with Crippen LogP contribution in [0.15, 0.2) is 12.1 Å². The molecule has 0 amide bonds. The summed E-state index contributed by atoms with van der Waals surface area (Å²) in [5.41, 5.74) is 5.16. The average molecular weight is 123 g/mol. The molecule has 0 atom stereocenters. The normalized spacial score (nSPS) is 15.7. The fourth-order valence-electron chi connectivity index (χ4n) is 0.298. The molecule has 0 aromatic carbocycles. The Kier molecular flexibility index (Phi) is 2.37. The van der Waals surface area contributed by atoms with E-state index in [1.54, 1.807) is 0 Å². The van der Waals surface area contributed by atoms with E-state index in [4.69, 9.17) is 5.73 Å². The van der Waals surface area contributed by atoms with Crippen LogP contribution in [0.1, 0.15) is 0 Å². The molecule has 0 aromatic rings. The van der Waals surface area contributed by atoms with Gasteiger partial charge in [-0.1, -0.05) is 0 Å². The monoisotopic (exact) mass is 122 g/mol. The fourth-order valence-corrected chi connectivity index (χ4v) is 0.298. The van der Waals surface area contributed by atoms with E-state index in [0.717, 1.165) is 0 Å². The van der Waals surface area contributed by atoms with E-state index in [0.29, 0.717) is 12.6 Å². The van der Waals surface area contributed by atoms with Crippen molar-refractivity contribution in [3.05, 3.63) is 12.1 Å². The van der Waals surface area contributed by atoms with Crippen molar-refractivity contribution >= 4 is 12.4 Å². The Hall–Kier alpha value is -0.570. The minimum atomic E-state index is 0. The molecule has 7 heavy (non-hydrogen) atoms. The van der Waals surface area contributed by atoms with Gasteiger partial charge in [-0.05, 0) is 0 Å². The van der Waals surface area contributed by atoms with Gasteiger partial charge in [0.15, 0.2) is 6.73 Å². The molecule has 1 aliphatic rings. The Labute approximate surface area is 47.9 Å². The molecule has 1 heterocycles. The van der Waals surface area contributed by atoms with Gasteiger partial charge in [-0.25, -0.2) is 0 Å². The van der Waals surface area contributed by atoms with Gasteiger partial charge in [-0.3, -0.25) is 0 Å². The quantitative estimate of drug-likeness (QED) is 0.466. The molecule has 0 aliphatic carbocycles. The summed E-state index contributed by atoms with van der Waals surface area (Å²) in [5, 5.41) is 2.74. The molecule has 42 valence electrons. The Bertz CT molecular complexity index is 83.0. The fraction of sp³-hybridized carbons (Fsp3) is 0.333. The third kappa shape index (κ3) is 1.55. The van der Waals surface area contributed by atoms with E-state index >= 15 is 0 Å². The van der Waals surface area contributed by atoms with E-state index in [1.807, 2.05) is 0 Å². The van der Waals surface area contributed by atoms with Crippen molar-refractivity contribution in [1.29, 1.82) is 0 Å². The van der Waals surface area contributed by atoms with Gasteiger partial charge in [0.25, 0.3) is 0 Å². The van der Waals surface area contributed by atoms with Gasteiger partial charge in [0.05, 0.1) is 0 Å². The van der Waals surface area contributed by atoms with Crippen LogP contribution in [0.4, 0.5) is 0 Å². The summed E-state index contributed by atoms with van der Waals surface area (Å²) in [5.74, 6) is 0.606. The molecule has 1 aliphatic heterocycles. The minimum Gasteiger partial charge on any atom is -0.477 e. The highest BCUT2D eigenvalue weighted by molar-refractivity contribution is 5.85. The van der Waals surface area contributed by atoms with Gasteiger partial charge in [0.1, 0.15) is 12.1 Å². The van der Waals surface area contributed by atoms with E-state index in [2.05, 4.69) is 10.1 Å². The standard InChI is InChI=1S/C3H6N2O.ClH/c4-3-1-6-2-5-3;/h1,5H,2,4H2;1H. The highest BCUT2D eigenvalue weighted by Gasteiger charge is 1.93. The first-order valence-corrected chi connectivity index (χ1v) is 1.71. The maximum Gasteiger partial charge on any atom is 0.159 e. The van der Waals surface area contributed by atoms with Crippen LogP contribution in [0, 0.1) is 0 Å². The van der Waals surface area contributed by atoms with Crippen molar-refractivity contribution in [2.45, 2.75) is 0 Å². The Morgan fingerprint density at radius 1 is 1.86 bits per heavy atom. The van der Waals surface area contributed by atoms with Gasteiger partial charge >= 0.3 is 0 Å². The first-order chi connectivity index (χ1) is 2.89. The molecule has 0 saturated heterocycles. The first-order valence-electron chi connectivity index (χ1n) is 1.71. The molecule has 3 N–H and O–H groups in total. The predicted molar refractivity (Wildman–Crippen MR) is 28.6 cm³/mol. The van der Waals surface area contributed by atoms with Crippen LogP contribution in [0.5, 0.6) is 0 Å². The Balaban J connectivity index is 0.000000360. The van der Waals surface area contributed by atoms with Gasteiger partial charge in [0, 0.05) is 0 Å². The Morgan fingerprint density at radius 2 is 2.57 bits per heavy atom. The summed E-state index contributed by atoms with van der Waals surface area (Å²) in [6.07, 6.45) is 1.49. The van der Waals surface area contributed by atoms with Crippen LogP contribution >= 0.6 is 12.4 Å². The molecule has 0 saturated carbocycles. The van der Waals surface area contributed by atoms with Crippen LogP contribution in [0.3, 0.4) is 0 Å². The SMILES string of the molecule is Cl.NC1=COCN1. The molecule has 0 radical (unpaired) electrons. The second kappa shape index (κ2) is 2.58. The summed E-state index contributed by atoms with van der Waals surface area (Å²) < 4.78 is 4.66. The lowest BCUT2D eigenvalue weighted by molar-refractivity contribution is 0.267. The second-order valence-electron chi connectivity index (χ2n) is 1.06. The largest absolute Gasteiger partial charge is 0.477 e. The van der Waals surface area contributed by atoms with E-state index in [9.17, 15) is 0 Å². The molecule has 0 fully saturated rings. The van der Waals surface area contributed by atoms with Gasteiger partial charge in [-0.15, -0.1) is 12.4 Å². The maximum absolute atomic E-state index is 5.16. The lowest BCUT2D eigenvalue weighted by Crippen LogP contribution is -2.14. The number of ether oxygens (including phenoxy) is 1. The smallest absolute Gasteiger partial charge is 0.159 e. The van der Waals surface area contributed by atoms with Crippen molar-refractivity contribution in [2.75, 3.05) is 6.73 Å². The van der Waals surface area contributed by atoms with E-state index in [-0.39, 0.29) is 12.4 Å². The lowest BCUT2D eigenvalue weighted by Gasteiger charge is -1.86. The number of halogens is 1. The number of hydrogen-bond donors (Lipinski definition) is 2. The zero-order valence-electron chi connectivity index (χ0n) is 3.68. The second-order valence-corrected chi connectivity index (χ2v) is 1.06. The number of nitrogens with one attached hydrogen (secondary N) is 1. The number of hydrogen-bond acceptors (Lipinski definition) is 3. The summed E-state index contributed by atoms with van der Waals surface area (Å²) in [4.78, 5) is 0. The van der Waals surface area contributed by atoms with E-state index < -0.39 is 0 Å². The highest BCUT2D eigenvalue weighted by atomic mass is 35.5. The van der Waals surface area contributed by atoms with Crippen molar-refractivity contribution < 1.29 is 4.74 Å². The third-order valence-corrected chi connectivity index (χ3v) is 0.570. The number of nitrogens with two attached hydrogens (primary N) is 1.